The molecule has 6 heteroatoms. The second-order valence-corrected chi connectivity index (χ2v) is 7.40. The summed E-state index contributed by atoms with van der Waals surface area (Å²) in [5.74, 6) is -0.306. The summed E-state index contributed by atoms with van der Waals surface area (Å²) in [6.07, 6.45) is 3.10. The van der Waals surface area contributed by atoms with E-state index >= 15 is 0 Å². The summed E-state index contributed by atoms with van der Waals surface area (Å²) in [4.78, 5) is 24.6. The molecule has 0 saturated heterocycles. The minimum absolute atomic E-state index is 0.306. The molecular formula is C24H15Cl2NO3. The summed E-state index contributed by atoms with van der Waals surface area (Å²) in [5, 5.41) is 4.51. The number of nitrogens with one attached hydrogen (secondary N) is 1. The molecule has 1 amide bonds. The standard InChI is InChI=1S/C24H15Cl2NO3/c25-17-8-5-15(6-9-17)7-12-23(28)27-18-10-11-19(21(26)14-18)20-13-16-3-1-2-4-22(16)30-24(20)29/h1-14H,(H,27,28). The van der Waals surface area contributed by atoms with Crippen LogP contribution in [0.1, 0.15) is 5.56 Å². The molecule has 4 rings (SSSR count). The van der Waals surface area contributed by atoms with Gasteiger partial charge in [-0.15, -0.1) is 0 Å². The van der Waals surface area contributed by atoms with Crippen LogP contribution in [-0.4, -0.2) is 5.91 Å². The summed E-state index contributed by atoms with van der Waals surface area (Å²) >= 11 is 12.2. The van der Waals surface area contributed by atoms with Crippen LogP contribution in [0.4, 0.5) is 5.69 Å². The number of para-hydroxylation sites is 1. The lowest BCUT2D eigenvalue weighted by Crippen LogP contribution is -2.08. The molecule has 3 aromatic carbocycles. The van der Waals surface area contributed by atoms with Gasteiger partial charge in [0.15, 0.2) is 0 Å². The van der Waals surface area contributed by atoms with Gasteiger partial charge < -0.3 is 9.73 Å². The first-order valence-electron chi connectivity index (χ1n) is 9.07. The average molecular weight is 436 g/mol. The van der Waals surface area contributed by atoms with E-state index in [0.29, 0.717) is 32.4 Å². The van der Waals surface area contributed by atoms with Gasteiger partial charge in [0.05, 0.1) is 10.6 Å². The van der Waals surface area contributed by atoms with E-state index in [1.165, 1.54) is 6.08 Å². The molecule has 0 aliphatic rings. The van der Waals surface area contributed by atoms with E-state index < -0.39 is 5.63 Å². The van der Waals surface area contributed by atoms with Crippen LogP contribution in [0.15, 0.2) is 88.1 Å². The Labute approximate surface area is 182 Å². The van der Waals surface area contributed by atoms with Crippen molar-refractivity contribution in [2.75, 3.05) is 5.32 Å². The Bertz CT molecular complexity index is 1320. The largest absolute Gasteiger partial charge is 0.422 e. The summed E-state index contributed by atoms with van der Waals surface area (Å²) < 4.78 is 5.38. The minimum atomic E-state index is -0.474. The van der Waals surface area contributed by atoms with Crippen LogP contribution >= 0.6 is 23.2 Å². The lowest BCUT2D eigenvalue weighted by atomic mass is 10.1. The second kappa shape index (κ2) is 8.57. The zero-order chi connectivity index (χ0) is 21.1. The van der Waals surface area contributed by atoms with Crippen LogP contribution in [0.2, 0.25) is 10.0 Å². The Kier molecular flexibility index (Phi) is 5.70. The molecule has 1 aromatic heterocycles. The number of rotatable bonds is 4. The van der Waals surface area contributed by atoms with Crippen LogP contribution in [-0.2, 0) is 4.79 Å². The summed E-state index contributed by atoms with van der Waals surface area (Å²) in [6, 6.07) is 21.1. The molecule has 0 radical (unpaired) electrons. The quantitative estimate of drug-likeness (QED) is 0.297. The maximum Gasteiger partial charge on any atom is 0.344 e. The van der Waals surface area contributed by atoms with E-state index in [-0.39, 0.29) is 5.91 Å². The molecule has 0 spiro atoms. The number of anilines is 1. The van der Waals surface area contributed by atoms with E-state index in [9.17, 15) is 9.59 Å². The van der Waals surface area contributed by atoms with Crippen molar-refractivity contribution < 1.29 is 9.21 Å². The molecule has 0 aliphatic carbocycles. The predicted molar refractivity (Wildman–Crippen MR) is 122 cm³/mol. The normalized spacial score (nSPS) is 11.1. The maximum absolute atomic E-state index is 12.4. The smallest absolute Gasteiger partial charge is 0.344 e. The van der Waals surface area contributed by atoms with Gasteiger partial charge in [-0.05, 0) is 48.0 Å². The van der Waals surface area contributed by atoms with Crippen molar-refractivity contribution in [1.82, 2.24) is 0 Å². The fraction of sp³-hybridized carbons (Fsp3) is 0. The first-order chi connectivity index (χ1) is 14.5. The lowest BCUT2D eigenvalue weighted by molar-refractivity contribution is -0.111. The summed E-state index contributed by atoms with van der Waals surface area (Å²) in [5.41, 5.74) is 2.30. The molecule has 0 aliphatic heterocycles. The van der Waals surface area contributed by atoms with Crippen molar-refractivity contribution in [2.45, 2.75) is 0 Å². The van der Waals surface area contributed by atoms with Gasteiger partial charge >= 0.3 is 5.63 Å². The van der Waals surface area contributed by atoms with Crippen molar-refractivity contribution in [3.8, 4) is 11.1 Å². The van der Waals surface area contributed by atoms with Gasteiger partial charge in [-0.2, -0.15) is 0 Å². The Morgan fingerprint density at radius 1 is 0.900 bits per heavy atom. The molecule has 0 saturated carbocycles. The zero-order valence-electron chi connectivity index (χ0n) is 15.6. The van der Waals surface area contributed by atoms with Crippen molar-refractivity contribution in [3.63, 3.8) is 0 Å². The van der Waals surface area contributed by atoms with Crippen LogP contribution < -0.4 is 10.9 Å². The van der Waals surface area contributed by atoms with E-state index in [2.05, 4.69) is 5.32 Å². The van der Waals surface area contributed by atoms with Crippen LogP contribution in [0.3, 0.4) is 0 Å². The van der Waals surface area contributed by atoms with Gasteiger partial charge in [-0.1, -0.05) is 59.6 Å². The number of halogens is 2. The topological polar surface area (TPSA) is 59.3 Å². The number of amides is 1. The van der Waals surface area contributed by atoms with Crippen molar-refractivity contribution >= 4 is 51.8 Å². The van der Waals surface area contributed by atoms with E-state index in [4.69, 9.17) is 27.6 Å². The van der Waals surface area contributed by atoms with Crippen LogP contribution in [0.25, 0.3) is 28.2 Å². The molecule has 4 nitrogen and oxygen atoms in total. The molecule has 30 heavy (non-hydrogen) atoms. The Hall–Kier alpha value is -3.34. The number of carbonyl (C=O) groups is 1. The first-order valence-corrected chi connectivity index (χ1v) is 9.83. The summed E-state index contributed by atoms with van der Waals surface area (Å²) in [7, 11) is 0. The third kappa shape index (κ3) is 4.46. The third-order valence-electron chi connectivity index (χ3n) is 4.47. The lowest BCUT2D eigenvalue weighted by Gasteiger charge is -2.08. The highest BCUT2D eigenvalue weighted by molar-refractivity contribution is 6.33. The van der Waals surface area contributed by atoms with Gasteiger partial charge in [0.25, 0.3) is 0 Å². The van der Waals surface area contributed by atoms with Crippen LogP contribution in [0, 0.1) is 0 Å². The Balaban J connectivity index is 1.55. The number of hydrogen-bond donors (Lipinski definition) is 1. The highest BCUT2D eigenvalue weighted by Crippen LogP contribution is 2.30. The molecule has 0 unspecified atom stereocenters. The molecule has 1 heterocycles. The number of hydrogen-bond acceptors (Lipinski definition) is 3. The number of benzene rings is 3. The average Bonchev–Trinajstić information content (AvgIpc) is 2.73. The van der Waals surface area contributed by atoms with Gasteiger partial charge in [-0.25, -0.2) is 4.79 Å². The monoisotopic (exact) mass is 435 g/mol. The van der Waals surface area contributed by atoms with E-state index in [1.807, 2.05) is 24.3 Å². The second-order valence-electron chi connectivity index (χ2n) is 6.55. The van der Waals surface area contributed by atoms with Gasteiger partial charge in [-0.3, -0.25) is 4.79 Å². The Morgan fingerprint density at radius 2 is 1.67 bits per heavy atom. The predicted octanol–water partition coefficient (Wildman–Crippen LogP) is 6.42. The molecule has 0 atom stereocenters. The third-order valence-corrected chi connectivity index (χ3v) is 5.03. The molecule has 148 valence electrons. The molecule has 4 aromatic rings. The number of fused-ring (bicyclic) bond motifs is 1. The highest BCUT2D eigenvalue weighted by Gasteiger charge is 2.12. The molecule has 0 bridgehead atoms. The van der Waals surface area contributed by atoms with E-state index in [1.54, 1.807) is 54.6 Å². The zero-order valence-corrected chi connectivity index (χ0v) is 17.1. The maximum atomic E-state index is 12.4. The molecule has 1 N–H and O–H groups in total. The molecular weight excluding hydrogens is 421 g/mol. The number of carbonyl (C=O) groups excluding carboxylic acids is 1. The SMILES string of the molecule is O=C(C=Cc1ccc(Cl)cc1)Nc1ccc(-c2cc3ccccc3oc2=O)c(Cl)c1. The van der Waals surface area contributed by atoms with Crippen LogP contribution in [0.5, 0.6) is 0 Å². The summed E-state index contributed by atoms with van der Waals surface area (Å²) in [6.45, 7) is 0. The molecule has 0 fully saturated rings. The van der Waals surface area contributed by atoms with Crippen molar-refractivity contribution in [1.29, 1.82) is 0 Å². The fourth-order valence-electron chi connectivity index (χ4n) is 2.99. The Morgan fingerprint density at radius 3 is 2.43 bits per heavy atom. The van der Waals surface area contributed by atoms with Crippen molar-refractivity contribution in [3.05, 3.63) is 105 Å². The first kappa shape index (κ1) is 20.0. The van der Waals surface area contributed by atoms with E-state index in [0.717, 1.165) is 10.9 Å². The minimum Gasteiger partial charge on any atom is -0.422 e. The van der Waals surface area contributed by atoms with Gasteiger partial charge in [0.2, 0.25) is 5.91 Å². The van der Waals surface area contributed by atoms with Gasteiger partial charge in [0.1, 0.15) is 5.58 Å². The van der Waals surface area contributed by atoms with Gasteiger partial charge in [0, 0.05) is 27.7 Å². The fourth-order valence-corrected chi connectivity index (χ4v) is 3.40. The highest BCUT2D eigenvalue weighted by atomic mass is 35.5. The van der Waals surface area contributed by atoms with Crippen molar-refractivity contribution in [2.24, 2.45) is 0 Å².